The first-order valence-corrected chi connectivity index (χ1v) is 8.88. The van der Waals surface area contributed by atoms with Crippen LogP contribution >= 0.6 is 23.1 Å². The number of hydrogen-bond acceptors (Lipinski definition) is 4. The van der Waals surface area contributed by atoms with Crippen molar-refractivity contribution in [1.82, 2.24) is 14.7 Å². The molecule has 0 amide bonds. The van der Waals surface area contributed by atoms with Crippen LogP contribution in [0.3, 0.4) is 0 Å². The lowest BCUT2D eigenvalue weighted by Crippen LogP contribution is -2.34. The molecule has 0 aliphatic heterocycles. The average Bonchev–Trinajstić information content (AvgIpc) is 2.93. The molecule has 0 aromatic carbocycles. The lowest BCUT2D eigenvalue weighted by Gasteiger charge is -2.18. The predicted octanol–water partition coefficient (Wildman–Crippen LogP) is 3.45. The van der Waals surface area contributed by atoms with Gasteiger partial charge in [0.1, 0.15) is 0 Å². The van der Waals surface area contributed by atoms with Crippen molar-refractivity contribution in [3.05, 3.63) is 23.5 Å². The molecule has 19 heavy (non-hydrogen) atoms. The fourth-order valence-corrected chi connectivity index (χ4v) is 3.55. The zero-order valence-electron chi connectivity index (χ0n) is 11.9. The number of nitrogens with one attached hydrogen (secondary N) is 1. The van der Waals surface area contributed by atoms with E-state index >= 15 is 0 Å². The van der Waals surface area contributed by atoms with Gasteiger partial charge in [0.2, 0.25) is 0 Å². The van der Waals surface area contributed by atoms with Crippen molar-refractivity contribution in [2.24, 2.45) is 0 Å². The maximum atomic E-state index is 4.68. The second-order valence-electron chi connectivity index (χ2n) is 5.06. The van der Waals surface area contributed by atoms with Crippen LogP contribution in [-0.2, 0) is 6.42 Å². The average molecular weight is 297 g/mol. The normalized spacial score (nSPS) is 13.5. The molecular weight excluding hydrogens is 274 g/mol. The van der Waals surface area contributed by atoms with E-state index in [4.69, 9.17) is 0 Å². The SMILES string of the molecule is CCCNC(CSC(C)C)Cc1cn2ccsc2n1. The van der Waals surface area contributed by atoms with Crippen LogP contribution in [0.25, 0.3) is 4.96 Å². The van der Waals surface area contributed by atoms with Crippen LogP contribution in [0.5, 0.6) is 0 Å². The van der Waals surface area contributed by atoms with Gasteiger partial charge in [-0.15, -0.1) is 11.3 Å². The Morgan fingerprint density at radius 3 is 3.00 bits per heavy atom. The number of fused-ring (bicyclic) bond motifs is 1. The van der Waals surface area contributed by atoms with Gasteiger partial charge in [-0.2, -0.15) is 11.8 Å². The van der Waals surface area contributed by atoms with Crippen LogP contribution in [0.1, 0.15) is 32.9 Å². The van der Waals surface area contributed by atoms with E-state index in [1.807, 2.05) is 11.8 Å². The van der Waals surface area contributed by atoms with Crippen LogP contribution in [0.2, 0.25) is 0 Å². The van der Waals surface area contributed by atoms with Crippen LogP contribution in [0.15, 0.2) is 17.8 Å². The van der Waals surface area contributed by atoms with Gasteiger partial charge in [0.25, 0.3) is 0 Å². The molecule has 2 rings (SSSR count). The van der Waals surface area contributed by atoms with Gasteiger partial charge in [-0.1, -0.05) is 20.8 Å². The number of imidazole rings is 1. The molecular formula is C14H23N3S2. The summed E-state index contributed by atoms with van der Waals surface area (Å²) in [5, 5.41) is 6.41. The number of hydrogen-bond donors (Lipinski definition) is 1. The molecule has 1 N–H and O–H groups in total. The summed E-state index contributed by atoms with van der Waals surface area (Å²) in [5.41, 5.74) is 1.20. The third-order valence-electron chi connectivity index (χ3n) is 2.91. The van der Waals surface area contributed by atoms with E-state index in [0.29, 0.717) is 11.3 Å². The van der Waals surface area contributed by atoms with Gasteiger partial charge in [-0.3, -0.25) is 4.40 Å². The van der Waals surface area contributed by atoms with Crippen molar-refractivity contribution in [3.63, 3.8) is 0 Å². The minimum Gasteiger partial charge on any atom is -0.313 e. The van der Waals surface area contributed by atoms with Crippen molar-refractivity contribution >= 4 is 28.1 Å². The van der Waals surface area contributed by atoms with E-state index < -0.39 is 0 Å². The van der Waals surface area contributed by atoms with E-state index in [2.05, 4.69) is 53.2 Å². The highest BCUT2D eigenvalue weighted by Crippen LogP contribution is 2.16. The lowest BCUT2D eigenvalue weighted by atomic mass is 10.2. The zero-order chi connectivity index (χ0) is 13.7. The van der Waals surface area contributed by atoms with Gasteiger partial charge in [-0.25, -0.2) is 4.98 Å². The minimum atomic E-state index is 0.525. The second-order valence-corrected chi connectivity index (χ2v) is 7.54. The molecule has 1 unspecified atom stereocenters. The predicted molar refractivity (Wildman–Crippen MR) is 86.4 cm³/mol. The highest BCUT2D eigenvalue weighted by atomic mass is 32.2. The summed E-state index contributed by atoms with van der Waals surface area (Å²) >= 11 is 3.72. The van der Waals surface area contributed by atoms with Crippen LogP contribution in [0, 0.1) is 0 Å². The number of aromatic nitrogens is 2. The summed E-state index contributed by atoms with van der Waals surface area (Å²) in [6, 6.07) is 0.525. The molecule has 2 aromatic rings. The standard InChI is InChI=1S/C14H23N3S2/c1-4-5-15-13(10-19-11(2)3)8-12-9-17-6-7-18-14(17)16-12/h6-7,9,11,13,15H,4-5,8,10H2,1-3H3. The Balaban J connectivity index is 1.95. The minimum absolute atomic E-state index is 0.525. The summed E-state index contributed by atoms with van der Waals surface area (Å²) in [7, 11) is 0. The monoisotopic (exact) mass is 297 g/mol. The third-order valence-corrected chi connectivity index (χ3v) is 4.94. The van der Waals surface area contributed by atoms with Gasteiger partial charge in [0.05, 0.1) is 5.69 Å². The van der Waals surface area contributed by atoms with Crippen LogP contribution in [-0.4, -0.2) is 33.0 Å². The number of nitrogens with zero attached hydrogens (tertiary/aromatic N) is 2. The Morgan fingerprint density at radius 1 is 1.47 bits per heavy atom. The van der Waals surface area contributed by atoms with Crippen molar-refractivity contribution in [3.8, 4) is 0 Å². The summed E-state index contributed by atoms with van der Waals surface area (Å²) in [6.45, 7) is 7.82. The number of rotatable bonds is 8. The maximum absolute atomic E-state index is 4.68. The van der Waals surface area contributed by atoms with Gasteiger partial charge in [-0.05, 0) is 18.2 Å². The molecule has 2 heterocycles. The highest BCUT2D eigenvalue weighted by Gasteiger charge is 2.12. The molecule has 5 heteroatoms. The van der Waals surface area contributed by atoms with Gasteiger partial charge < -0.3 is 5.32 Å². The Morgan fingerprint density at radius 2 is 2.32 bits per heavy atom. The smallest absolute Gasteiger partial charge is 0.193 e. The second kappa shape index (κ2) is 7.31. The van der Waals surface area contributed by atoms with Crippen molar-refractivity contribution < 1.29 is 0 Å². The first kappa shape index (κ1) is 14.9. The van der Waals surface area contributed by atoms with Gasteiger partial charge in [0, 0.05) is 36.0 Å². The number of thioether (sulfide) groups is 1. The summed E-state index contributed by atoms with van der Waals surface area (Å²) in [4.78, 5) is 5.78. The topological polar surface area (TPSA) is 29.3 Å². The molecule has 0 aliphatic carbocycles. The first-order chi connectivity index (χ1) is 9.19. The molecule has 2 aromatic heterocycles. The Hall–Kier alpha value is -0.520. The molecule has 0 radical (unpaired) electrons. The van der Waals surface area contributed by atoms with E-state index in [0.717, 1.165) is 23.7 Å². The van der Waals surface area contributed by atoms with Crippen LogP contribution < -0.4 is 5.32 Å². The summed E-state index contributed by atoms with van der Waals surface area (Å²) < 4.78 is 2.12. The van der Waals surface area contributed by atoms with Gasteiger partial charge in [0.15, 0.2) is 4.96 Å². The van der Waals surface area contributed by atoms with Crippen molar-refractivity contribution in [2.75, 3.05) is 12.3 Å². The van der Waals surface area contributed by atoms with E-state index in [1.54, 1.807) is 11.3 Å². The van der Waals surface area contributed by atoms with E-state index in [9.17, 15) is 0 Å². The number of thiazole rings is 1. The van der Waals surface area contributed by atoms with Crippen LogP contribution in [0.4, 0.5) is 0 Å². The molecule has 0 bridgehead atoms. The Kier molecular flexibility index (Phi) is 5.73. The fraction of sp³-hybridized carbons (Fsp3) is 0.643. The Bertz CT molecular complexity index is 461. The molecule has 1 atom stereocenters. The molecule has 106 valence electrons. The molecule has 0 aliphatic rings. The fourth-order valence-electron chi connectivity index (χ4n) is 1.97. The van der Waals surface area contributed by atoms with Gasteiger partial charge >= 0.3 is 0 Å². The largest absolute Gasteiger partial charge is 0.313 e. The molecule has 0 saturated carbocycles. The first-order valence-electron chi connectivity index (χ1n) is 6.95. The maximum Gasteiger partial charge on any atom is 0.193 e. The molecule has 0 fully saturated rings. The van der Waals surface area contributed by atoms with E-state index in [1.165, 1.54) is 12.1 Å². The Labute approximate surface area is 123 Å². The highest BCUT2D eigenvalue weighted by molar-refractivity contribution is 7.99. The quantitative estimate of drug-likeness (QED) is 0.809. The zero-order valence-corrected chi connectivity index (χ0v) is 13.6. The molecule has 0 saturated heterocycles. The third kappa shape index (κ3) is 4.51. The molecule has 3 nitrogen and oxygen atoms in total. The summed E-state index contributed by atoms with van der Waals surface area (Å²) in [5.74, 6) is 1.16. The lowest BCUT2D eigenvalue weighted by molar-refractivity contribution is 0.546. The summed E-state index contributed by atoms with van der Waals surface area (Å²) in [6.07, 6.45) is 6.44. The molecule has 0 spiro atoms. The van der Waals surface area contributed by atoms with E-state index in [-0.39, 0.29) is 0 Å². The van der Waals surface area contributed by atoms with Crippen molar-refractivity contribution in [2.45, 2.75) is 44.9 Å². The van der Waals surface area contributed by atoms with Crippen molar-refractivity contribution in [1.29, 1.82) is 0 Å².